The number of rotatable bonds is 5. The van der Waals surface area contributed by atoms with Crippen LogP contribution >= 0.6 is 15.9 Å². The summed E-state index contributed by atoms with van der Waals surface area (Å²) in [6.45, 7) is 0.290. The SMILES string of the molecule is O=C(O)CCC(=O)OCCBr. The summed E-state index contributed by atoms with van der Waals surface area (Å²) in [5.41, 5.74) is 0. The van der Waals surface area contributed by atoms with E-state index in [9.17, 15) is 9.59 Å². The van der Waals surface area contributed by atoms with Gasteiger partial charge in [-0.2, -0.15) is 0 Å². The zero-order chi connectivity index (χ0) is 8.69. The summed E-state index contributed by atoms with van der Waals surface area (Å²) in [4.78, 5) is 20.6. The first-order chi connectivity index (χ1) is 5.16. The molecule has 0 spiro atoms. The van der Waals surface area contributed by atoms with Gasteiger partial charge in [0, 0.05) is 5.33 Å². The molecule has 0 aliphatic carbocycles. The molecule has 0 aromatic carbocycles. The van der Waals surface area contributed by atoms with E-state index in [1.54, 1.807) is 0 Å². The van der Waals surface area contributed by atoms with E-state index in [2.05, 4.69) is 20.7 Å². The van der Waals surface area contributed by atoms with Crippen molar-refractivity contribution in [3.8, 4) is 0 Å². The molecule has 0 saturated carbocycles. The minimum absolute atomic E-state index is 0.0532. The minimum Gasteiger partial charge on any atom is -0.481 e. The summed E-state index contributed by atoms with van der Waals surface area (Å²) in [6, 6.07) is 0. The van der Waals surface area contributed by atoms with Crippen LogP contribution in [0.2, 0.25) is 0 Å². The zero-order valence-electron chi connectivity index (χ0n) is 5.88. The van der Waals surface area contributed by atoms with E-state index < -0.39 is 11.9 Å². The summed E-state index contributed by atoms with van der Waals surface area (Å²) in [5.74, 6) is -1.45. The Morgan fingerprint density at radius 2 is 2.00 bits per heavy atom. The fourth-order valence-electron chi connectivity index (χ4n) is 0.434. The van der Waals surface area contributed by atoms with Gasteiger partial charge >= 0.3 is 11.9 Å². The molecule has 0 atom stereocenters. The van der Waals surface area contributed by atoms with Crippen LogP contribution in [0.4, 0.5) is 0 Å². The minimum atomic E-state index is -0.985. The van der Waals surface area contributed by atoms with Crippen molar-refractivity contribution in [2.24, 2.45) is 0 Å². The van der Waals surface area contributed by atoms with Gasteiger partial charge in [-0.3, -0.25) is 9.59 Å². The lowest BCUT2D eigenvalue weighted by Gasteiger charge is -1.99. The van der Waals surface area contributed by atoms with Crippen LogP contribution in [0, 0.1) is 0 Å². The molecule has 0 rings (SSSR count). The fourth-order valence-corrected chi connectivity index (χ4v) is 0.595. The number of carbonyl (C=O) groups is 2. The van der Waals surface area contributed by atoms with Crippen LogP contribution in [0.1, 0.15) is 12.8 Å². The largest absolute Gasteiger partial charge is 0.481 e. The molecular weight excluding hydrogens is 216 g/mol. The molecule has 1 N–H and O–H groups in total. The van der Waals surface area contributed by atoms with Gasteiger partial charge in [-0.15, -0.1) is 0 Å². The van der Waals surface area contributed by atoms with Gasteiger partial charge in [0.2, 0.25) is 0 Å². The number of hydrogen-bond donors (Lipinski definition) is 1. The topological polar surface area (TPSA) is 63.6 Å². The molecule has 0 fully saturated rings. The molecule has 0 aromatic heterocycles. The predicted octanol–water partition coefficient (Wildman–Crippen LogP) is 0.789. The number of carbonyl (C=O) groups excluding carboxylic acids is 1. The highest BCUT2D eigenvalue weighted by Gasteiger charge is 2.05. The van der Waals surface area contributed by atoms with E-state index in [1.165, 1.54) is 0 Å². The predicted molar refractivity (Wildman–Crippen MR) is 41.6 cm³/mol. The number of esters is 1. The number of halogens is 1. The highest BCUT2D eigenvalue weighted by Crippen LogP contribution is 1.93. The van der Waals surface area contributed by atoms with Gasteiger partial charge in [-0.05, 0) is 0 Å². The van der Waals surface area contributed by atoms with Crippen molar-refractivity contribution in [2.75, 3.05) is 11.9 Å². The molecule has 0 aliphatic rings. The van der Waals surface area contributed by atoms with Gasteiger partial charge in [0.1, 0.15) is 6.61 Å². The third kappa shape index (κ3) is 7.32. The van der Waals surface area contributed by atoms with Crippen molar-refractivity contribution in [1.29, 1.82) is 0 Å². The maximum Gasteiger partial charge on any atom is 0.306 e. The average Bonchev–Trinajstić information content (AvgIpc) is 1.97. The Morgan fingerprint density at radius 3 is 2.45 bits per heavy atom. The van der Waals surface area contributed by atoms with E-state index in [-0.39, 0.29) is 12.8 Å². The molecular formula is C6H9BrO4. The van der Waals surface area contributed by atoms with Crippen LogP contribution in [-0.4, -0.2) is 29.0 Å². The molecule has 0 unspecified atom stereocenters. The Bertz CT molecular complexity index is 146. The highest BCUT2D eigenvalue weighted by molar-refractivity contribution is 9.09. The van der Waals surface area contributed by atoms with Crippen LogP contribution in [-0.2, 0) is 14.3 Å². The Balaban J connectivity index is 3.30. The third-order valence-corrected chi connectivity index (χ3v) is 1.21. The Kier molecular flexibility index (Phi) is 5.83. The standard InChI is InChI=1S/C6H9BrO4/c7-3-4-11-6(10)2-1-5(8)9/h1-4H2,(H,8,9). The van der Waals surface area contributed by atoms with Crippen molar-refractivity contribution in [3.63, 3.8) is 0 Å². The van der Waals surface area contributed by atoms with E-state index >= 15 is 0 Å². The summed E-state index contributed by atoms with van der Waals surface area (Å²) in [6.07, 6.45) is -0.219. The van der Waals surface area contributed by atoms with Crippen LogP contribution in [0.25, 0.3) is 0 Å². The molecule has 0 aromatic rings. The van der Waals surface area contributed by atoms with Gasteiger partial charge in [0.05, 0.1) is 12.8 Å². The number of alkyl halides is 1. The van der Waals surface area contributed by atoms with Gasteiger partial charge < -0.3 is 9.84 Å². The molecule has 64 valence electrons. The van der Waals surface area contributed by atoms with Crippen LogP contribution < -0.4 is 0 Å². The van der Waals surface area contributed by atoms with E-state index in [4.69, 9.17) is 5.11 Å². The molecule has 0 aliphatic heterocycles. The molecule has 0 saturated heterocycles. The Labute approximate surface area is 72.7 Å². The zero-order valence-corrected chi connectivity index (χ0v) is 7.46. The smallest absolute Gasteiger partial charge is 0.306 e. The fraction of sp³-hybridized carbons (Fsp3) is 0.667. The van der Waals surface area contributed by atoms with Crippen LogP contribution in [0.15, 0.2) is 0 Å². The number of aliphatic carboxylic acids is 1. The molecule has 5 heteroatoms. The normalized spacial score (nSPS) is 9.18. The number of ether oxygens (including phenoxy) is 1. The second-order valence-corrected chi connectivity index (χ2v) is 2.60. The van der Waals surface area contributed by atoms with Crippen molar-refractivity contribution < 1.29 is 19.4 Å². The molecule has 4 nitrogen and oxygen atoms in total. The van der Waals surface area contributed by atoms with Gasteiger partial charge in [0.15, 0.2) is 0 Å². The summed E-state index contributed by atoms with van der Waals surface area (Å²) in [5, 5.41) is 8.75. The quantitative estimate of drug-likeness (QED) is 0.554. The lowest BCUT2D eigenvalue weighted by molar-refractivity contribution is -0.147. The molecule has 0 radical (unpaired) electrons. The van der Waals surface area contributed by atoms with Gasteiger partial charge in [-0.1, -0.05) is 15.9 Å². The van der Waals surface area contributed by atoms with Crippen molar-refractivity contribution in [2.45, 2.75) is 12.8 Å². The summed E-state index contributed by atoms with van der Waals surface area (Å²) < 4.78 is 4.59. The summed E-state index contributed by atoms with van der Waals surface area (Å²) >= 11 is 3.06. The average molecular weight is 225 g/mol. The van der Waals surface area contributed by atoms with Crippen LogP contribution in [0.5, 0.6) is 0 Å². The molecule has 0 heterocycles. The second-order valence-electron chi connectivity index (χ2n) is 1.80. The lowest BCUT2D eigenvalue weighted by atomic mass is 10.3. The Hall–Kier alpha value is -0.580. The number of carboxylic acids is 1. The first-order valence-electron chi connectivity index (χ1n) is 3.10. The highest BCUT2D eigenvalue weighted by atomic mass is 79.9. The second kappa shape index (κ2) is 6.15. The first-order valence-corrected chi connectivity index (χ1v) is 4.22. The van der Waals surface area contributed by atoms with Crippen molar-refractivity contribution in [1.82, 2.24) is 0 Å². The van der Waals surface area contributed by atoms with E-state index in [1.807, 2.05) is 0 Å². The van der Waals surface area contributed by atoms with E-state index in [0.29, 0.717) is 11.9 Å². The van der Waals surface area contributed by atoms with Crippen LogP contribution in [0.3, 0.4) is 0 Å². The monoisotopic (exact) mass is 224 g/mol. The third-order valence-electron chi connectivity index (χ3n) is 0.883. The maximum atomic E-state index is 10.6. The molecule has 0 amide bonds. The Morgan fingerprint density at radius 1 is 1.36 bits per heavy atom. The van der Waals surface area contributed by atoms with Gasteiger partial charge in [-0.25, -0.2) is 0 Å². The van der Waals surface area contributed by atoms with E-state index in [0.717, 1.165) is 0 Å². The molecule has 0 bridgehead atoms. The van der Waals surface area contributed by atoms with Crippen molar-refractivity contribution >= 4 is 27.9 Å². The maximum absolute atomic E-state index is 10.6. The first kappa shape index (κ1) is 10.4. The number of hydrogen-bond acceptors (Lipinski definition) is 3. The number of carboxylic acid groups (broad SMARTS) is 1. The van der Waals surface area contributed by atoms with Gasteiger partial charge in [0.25, 0.3) is 0 Å². The summed E-state index contributed by atoms with van der Waals surface area (Å²) in [7, 11) is 0. The lowest BCUT2D eigenvalue weighted by Crippen LogP contribution is -2.08. The molecule has 11 heavy (non-hydrogen) atoms. The van der Waals surface area contributed by atoms with Crippen molar-refractivity contribution in [3.05, 3.63) is 0 Å².